The first-order chi connectivity index (χ1) is 12.2. The first-order valence-corrected chi connectivity index (χ1v) is 8.15. The van der Waals surface area contributed by atoms with Crippen LogP contribution in [0.15, 0.2) is 47.2 Å². The predicted octanol–water partition coefficient (Wildman–Crippen LogP) is 2.76. The van der Waals surface area contributed by atoms with Gasteiger partial charge in [-0.3, -0.25) is 0 Å². The van der Waals surface area contributed by atoms with E-state index in [4.69, 9.17) is 4.52 Å². The molecule has 1 aromatic carbocycles. The zero-order chi connectivity index (χ0) is 17.3. The van der Waals surface area contributed by atoms with Crippen LogP contribution in [0.5, 0.6) is 0 Å². The molecule has 1 fully saturated rings. The summed E-state index contributed by atoms with van der Waals surface area (Å²) in [5.41, 5.74) is 0.908. The van der Waals surface area contributed by atoms with E-state index in [0.29, 0.717) is 17.4 Å². The van der Waals surface area contributed by atoms with Gasteiger partial charge in [0.05, 0.1) is 11.4 Å². The lowest BCUT2D eigenvalue weighted by Crippen LogP contribution is -2.52. The standard InChI is InChI=1S/C17H18N6O2/c1-12-19-15(22-25-12)17(8-4-9-17)21-16(24)20-13-6-2-3-7-14(13)23-11-5-10-18-23/h2-3,5-7,10-11H,4,8-9H2,1H3,(H2,20,21,24). The molecule has 8 heteroatoms. The van der Waals surface area contributed by atoms with E-state index in [1.54, 1.807) is 17.8 Å². The summed E-state index contributed by atoms with van der Waals surface area (Å²) in [7, 11) is 0. The average molecular weight is 338 g/mol. The van der Waals surface area contributed by atoms with E-state index in [2.05, 4.69) is 25.9 Å². The summed E-state index contributed by atoms with van der Waals surface area (Å²) in [5.74, 6) is 1.03. The highest BCUT2D eigenvalue weighted by atomic mass is 16.5. The van der Waals surface area contributed by atoms with Crippen LogP contribution in [0, 0.1) is 6.92 Å². The first kappa shape index (κ1) is 15.4. The summed E-state index contributed by atoms with van der Waals surface area (Å²) in [6.07, 6.45) is 6.12. The lowest BCUT2D eigenvalue weighted by atomic mass is 9.76. The van der Waals surface area contributed by atoms with E-state index in [9.17, 15) is 4.79 Å². The molecule has 0 spiro atoms. The number of hydrogen-bond acceptors (Lipinski definition) is 5. The second-order valence-corrected chi connectivity index (χ2v) is 6.12. The lowest BCUT2D eigenvalue weighted by molar-refractivity contribution is 0.171. The molecule has 0 atom stereocenters. The fourth-order valence-electron chi connectivity index (χ4n) is 2.99. The van der Waals surface area contributed by atoms with Gasteiger partial charge in [0, 0.05) is 19.3 Å². The third kappa shape index (κ3) is 2.86. The molecular weight excluding hydrogens is 320 g/mol. The number of urea groups is 1. The van der Waals surface area contributed by atoms with Crippen molar-refractivity contribution >= 4 is 11.7 Å². The van der Waals surface area contributed by atoms with Crippen molar-refractivity contribution in [3.63, 3.8) is 0 Å². The molecule has 0 aliphatic heterocycles. The molecular formula is C17H18N6O2. The van der Waals surface area contributed by atoms with E-state index in [-0.39, 0.29) is 6.03 Å². The number of amides is 2. The third-order valence-electron chi connectivity index (χ3n) is 4.42. The normalized spacial score (nSPS) is 15.4. The largest absolute Gasteiger partial charge is 0.340 e. The van der Waals surface area contributed by atoms with Crippen LogP contribution in [0.1, 0.15) is 31.0 Å². The number of anilines is 1. The summed E-state index contributed by atoms with van der Waals surface area (Å²) >= 11 is 0. The van der Waals surface area contributed by atoms with Crippen LogP contribution in [0.2, 0.25) is 0 Å². The Bertz CT molecular complexity index is 882. The quantitative estimate of drug-likeness (QED) is 0.762. The van der Waals surface area contributed by atoms with Gasteiger partial charge in [-0.05, 0) is 37.5 Å². The SMILES string of the molecule is Cc1nc(C2(NC(=O)Nc3ccccc3-n3cccn3)CCC2)no1. The summed E-state index contributed by atoms with van der Waals surface area (Å²) in [6, 6.07) is 9.02. The molecule has 2 heterocycles. The van der Waals surface area contributed by atoms with E-state index in [1.807, 2.05) is 36.5 Å². The molecule has 0 unspecified atom stereocenters. The summed E-state index contributed by atoms with van der Waals surface area (Å²) < 4.78 is 6.78. The topological polar surface area (TPSA) is 97.9 Å². The second-order valence-electron chi connectivity index (χ2n) is 6.12. The number of carbonyl (C=O) groups excluding carboxylic acids is 1. The Morgan fingerprint density at radius 3 is 2.76 bits per heavy atom. The van der Waals surface area contributed by atoms with Gasteiger partial charge in [0.2, 0.25) is 5.89 Å². The number of carbonyl (C=O) groups is 1. The molecule has 2 aromatic heterocycles. The van der Waals surface area contributed by atoms with Gasteiger partial charge in [-0.25, -0.2) is 9.48 Å². The van der Waals surface area contributed by atoms with Gasteiger partial charge < -0.3 is 15.2 Å². The van der Waals surface area contributed by atoms with E-state index in [1.165, 1.54) is 0 Å². The lowest BCUT2D eigenvalue weighted by Gasteiger charge is -2.39. The van der Waals surface area contributed by atoms with Gasteiger partial charge in [0.25, 0.3) is 0 Å². The molecule has 128 valence electrons. The second kappa shape index (κ2) is 6.04. The van der Waals surface area contributed by atoms with Crippen molar-refractivity contribution < 1.29 is 9.32 Å². The van der Waals surface area contributed by atoms with Crippen molar-refractivity contribution in [2.75, 3.05) is 5.32 Å². The van der Waals surface area contributed by atoms with Crippen molar-refractivity contribution in [2.45, 2.75) is 31.7 Å². The average Bonchev–Trinajstić information content (AvgIpc) is 3.23. The van der Waals surface area contributed by atoms with Gasteiger partial charge in [-0.15, -0.1) is 0 Å². The van der Waals surface area contributed by atoms with Crippen LogP contribution >= 0.6 is 0 Å². The Labute approximate surface area is 144 Å². The smallest absolute Gasteiger partial charge is 0.320 e. The Morgan fingerprint density at radius 1 is 1.28 bits per heavy atom. The first-order valence-electron chi connectivity index (χ1n) is 8.15. The summed E-state index contributed by atoms with van der Waals surface area (Å²) in [6.45, 7) is 1.74. The Morgan fingerprint density at radius 2 is 2.12 bits per heavy atom. The van der Waals surface area contributed by atoms with Gasteiger partial charge in [-0.2, -0.15) is 10.1 Å². The third-order valence-corrected chi connectivity index (χ3v) is 4.42. The Balaban J connectivity index is 1.53. The van der Waals surface area contributed by atoms with Crippen LogP contribution in [0.25, 0.3) is 5.69 Å². The van der Waals surface area contributed by atoms with Gasteiger partial charge in [-0.1, -0.05) is 17.3 Å². The van der Waals surface area contributed by atoms with E-state index in [0.717, 1.165) is 24.9 Å². The molecule has 0 saturated heterocycles. The molecule has 0 bridgehead atoms. The highest BCUT2D eigenvalue weighted by molar-refractivity contribution is 5.92. The molecule has 3 aromatic rings. The van der Waals surface area contributed by atoms with E-state index >= 15 is 0 Å². The van der Waals surface area contributed by atoms with Crippen molar-refractivity contribution in [1.82, 2.24) is 25.2 Å². The van der Waals surface area contributed by atoms with Crippen molar-refractivity contribution in [1.29, 1.82) is 0 Å². The Kier molecular flexibility index (Phi) is 3.72. The number of benzene rings is 1. The van der Waals surface area contributed by atoms with E-state index < -0.39 is 5.54 Å². The maximum absolute atomic E-state index is 12.6. The van der Waals surface area contributed by atoms with Crippen LogP contribution in [-0.4, -0.2) is 26.0 Å². The van der Waals surface area contributed by atoms with Gasteiger partial charge in [0.1, 0.15) is 5.54 Å². The monoisotopic (exact) mass is 338 g/mol. The fourth-order valence-corrected chi connectivity index (χ4v) is 2.99. The number of aromatic nitrogens is 4. The number of nitrogens with zero attached hydrogens (tertiary/aromatic N) is 4. The summed E-state index contributed by atoms with van der Waals surface area (Å²) in [5, 5.41) is 14.1. The maximum atomic E-state index is 12.6. The predicted molar refractivity (Wildman–Crippen MR) is 90.3 cm³/mol. The van der Waals surface area contributed by atoms with Crippen molar-refractivity contribution in [2.24, 2.45) is 0 Å². The molecule has 8 nitrogen and oxygen atoms in total. The van der Waals surface area contributed by atoms with Crippen molar-refractivity contribution in [3.8, 4) is 5.69 Å². The number of rotatable bonds is 4. The van der Waals surface area contributed by atoms with Crippen molar-refractivity contribution in [3.05, 3.63) is 54.4 Å². The minimum Gasteiger partial charge on any atom is -0.340 e. The zero-order valence-corrected chi connectivity index (χ0v) is 13.8. The molecule has 1 aliphatic rings. The summed E-state index contributed by atoms with van der Waals surface area (Å²) in [4.78, 5) is 16.9. The van der Waals surface area contributed by atoms with Crippen LogP contribution in [0.4, 0.5) is 10.5 Å². The minimum atomic E-state index is -0.553. The van der Waals surface area contributed by atoms with Gasteiger partial charge in [0.15, 0.2) is 5.82 Å². The molecule has 4 rings (SSSR count). The molecule has 1 saturated carbocycles. The molecule has 2 N–H and O–H groups in total. The molecule has 2 amide bonds. The van der Waals surface area contributed by atoms with Gasteiger partial charge >= 0.3 is 6.03 Å². The van der Waals surface area contributed by atoms with Crippen LogP contribution < -0.4 is 10.6 Å². The molecule has 25 heavy (non-hydrogen) atoms. The number of para-hydroxylation sites is 2. The fraction of sp³-hybridized carbons (Fsp3) is 0.294. The maximum Gasteiger partial charge on any atom is 0.320 e. The molecule has 0 radical (unpaired) electrons. The zero-order valence-electron chi connectivity index (χ0n) is 13.8. The highest BCUT2D eigenvalue weighted by Crippen LogP contribution is 2.39. The Hall–Kier alpha value is -3.16. The number of hydrogen-bond donors (Lipinski definition) is 2. The van der Waals surface area contributed by atoms with Crippen LogP contribution in [0.3, 0.4) is 0 Å². The number of nitrogens with one attached hydrogen (secondary N) is 2. The van der Waals surface area contributed by atoms with Crippen LogP contribution in [-0.2, 0) is 5.54 Å². The molecule has 1 aliphatic carbocycles. The minimum absolute atomic E-state index is 0.304. The highest BCUT2D eigenvalue weighted by Gasteiger charge is 2.44. The number of aryl methyl sites for hydroxylation is 1.